The van der Waals surface area contributed by atoms with Gasteiger partial charge in [-0.3, -0.25) is 0 Å². The van der Waals surface area contributed by atoms with Crippen LogP contribution in [0.1, 0.15) is 30.5 Å². The zero-order valence-electron chi connectivity index (χ0n) is 13.9. The maximum Gasteiger partial charge on any atom is 0.200 e. The minimum absolute atomic E-state index is 0.235. The van der Waals surface area contributed by atoms with Gasteiger partial charge >= 0.3 is 0 Å². The Morgan fingerprint density at radius 1 is 1.00 bits per heavy atom. The molecule has 2 aromatic carbocycles. The molecule has 2 aliphatic heterocycles. The van der Waals surface area contributed by atoms with Crippen molar-refractivity contribution in [2.75, 3.05) is 6.61 Å². The quantitative estimate of drug-likeness (QED) is 0.687. The Bertz CT molecular complexity index is 938. The van der Waals surface area contributed by atoms with E-state index in [9.17, 15) is 15.3 Å². The summed E-state index contributed by atoms with van der Waals surface area (Å²) in [6.07, 6.45) is 5.89. The van der Waals surface area contributed by atoms with Crippen molar-refractivity contribution < 1.29 is 24.8 Å². The summed E-state index contributed by atoms with van der Waals surface area (Å²) in [5.41, 5.74) is 2.53. The van der Waals surface area contributed by atoms with Crippen LogP contribution in [-0.2, 0) is 0 Å². The van der Waals surface area contributed by atoms with Gasteiger partial charge in [0, 0.05) is 16.7 Å². The normalized spacial score (nSPS) is 17.0. The molecule has 0 radical (unpaired) electrons. The molecule has 2 heterocycles. The second-order valence-corrected chi connectivity index (χ2v) is 6.72. The van der Waals surface area contributed by atoms with Crippen molar-refractivity contribution in [3.63, 3.8) is 0 Å². The molecule has 0 aromatic heterocycles. The summed E-state index contributed by atoms with van der Waals surface area (Å²) in [6.45, 7) is 4.22. The number of phenolic OH excluding ortho intramolecular Hbond substituents is 3. The highest BCUT2D eigenvalue weighted by Gasteiger charge is 2.27. The topological polar surface area (TPSA) is 79.2 Å². The molecule has 0 amide bonds. The third-order valence-electron chi connectivity index (χ3n) is 4.39. The molecule has 2 aliphatic rings. The summed E-state index contributed by atoms with van der Waals surface area (Å²) in [5, 5.41) is 29.3. The third-order valence-corrected chi connectivity index (χ3v) is 4.39. The van der Waals surface area contributed by atoms with E-state index in [1.807, 2.05) is 44.2 Å². The Morgan fingerprint density at radius 2 is 1.80 bits per heavy atom. The second-order valence-electron chi connectivity index (χ2n) is 6.72. The first-order chi connectivity index (χ1) is 11.9. The van der Waals surface area contributed by atoms with Crippen molar-refractivity contribution in [2.45, 2.75) is 19.4 Å². The van der Waals surface area contributed by atoms with Crippen molar-refractivity contribution in [1.29, 1.82) is 0 Å². The predicted octanol–water partition coefficient (Wildman–Crippen LogP) is 3.92. The number of hydrogen-bond acceptors (Lipinski definition) is 5. The molecule has 0 bridgehead atoms. The van der Waals surface area contributed by atoms with Gasteiger partial charge in [0.2, 0.25) is 5.75 Å². The first kappa shape index (κ1) is 15.4. The zero-order chi connectivity index (χ0) is 17.8. The summed E-state index contributed by atoms with van der Waals surface area (Å²) in [4.78, 5) is 0. The van der Waals surface area contributed by atoms with E-state index in [2.05, 4.69) is 0 Å². The molecule has 0 spiro atoms. The molecule has 0 fully saturated rings. The second kappa shape index (κ2) is 5.21. The van der Waals surface area contributed by atoms with Crippen LogP contribution >= 0.6 is 0 Å². The standard InChI is InChI=1S/C20H18O5/c1-20(2)8-7-14-16(25-20)6-3-11-9-12(10-24-19(11)14)13-4-5-15(21)18(23)17(13)22/h3-9,21-23H,10H2,1-2H3. The number of fused-ring (bicyclic) bond motifs is 3. The van der Waals surface area contributed by atoms with Crippen molar-refractivity contribution in [2.24, 2.45) is 0 Å². The van der Waals surface area contributed by atoms with Gasteiger partial charge in [0.15, 0.2) is 11.5 Å². The van der Waals surface area contributed by atoms with Crippen LogP contribution in [0.3, 0.4) is 0 Å². The molecular weight excluding hydrogens is 320 g/mol. The van der Waals surface area contributed by atoms with Crippen molar-refractivity contribution in [3.8, 4) is 28.7 Å². The molecule has 3 N–H and O–H groups in total. The SMILES string of the molecule is CC1(C)C=Cc2c(ccc3c2OCC(c2ccc(O)c(O)c2O)=C3)O1. The molecule has 4 rings (SSSR count). The average molecular weight is 338 g/mol. The number of rotatable bonds is 1. The number of ether oxygens (including phenoxy) is 2. The smallest absolute Gasteiger partial charge is 0.200 e. The van der Waals surface area contributed by atoms with E-state index in [-0.39, 0.29) is 23.7 Å². The number of hydrogen-bond donors (Lipinski definition) is 3. The minimum atomic E-state index is -0.534. The molecule has 0 unspecified atom stereocenters. The van der Waals surface area contributed by atoms with E-state index >= 15 is 0 Å². The lowest BCUT2D eigenvalue weighted by atomic mass is 9.95. The first-order valence-electron chi connectivity index (χ1n) is 7.98. The maximum atomic E-state index is 10.1. The van der Waals surface area contributed by atoms with Gasteiger partial charge in [0.25, 0.3) is 0 Å². The first-order valence-corrected chi connectivity index (χ1v) is 7.98. The highest BCUT2D eigenvalue weighted by atomic mass is 16.5. The van der Waals surface area contributed by atoms with Crippen molar-refractivity contribution in [3.05, 3.63) is 47.0 Å². The zero-order valence-corrected chi connectivity index (χ0v) is 13.9. The van der Waals surface area contributed by atoms with Crippen LogP contribution in [0.5, 0.6) is 28.7 Å². The summed E-state index contributed by atoms with van der Waals surface area (Å²) < 4.78 is 11.9. The van der Waals surface area contributed by atoms with Gasteiger partial charge in [0.1, 0.15) is 23.7 Å². The fourth-order valence-corrected chi connectivity index (χ4v) is 3.08. The maximum absolute atomic E-state index is 10.1. The van der Waals surface area contributed by atoms with Crippen LogP contribution in [0.15, 0.2) is 30.3 Å². The number of benzene rings is 2. The van der Waals surface area contributed by atoms with Crippen LogP contribution < -0.4 is 9.47 Å². The van der Waals surface area contributed by atoms with E-state index in [4.69, 9.17) is 9.47 Å². The molecule has 0 atom stereocenters. The van der Waals surface area contributed by atoms with Gasteiger partial charge in [-0.25, -0.2) is 0 Å². The molecular formula is C20H18O5. The Hall–Kier alpha value is -3.08. The van der Waals surface area contributed by atoms with Gasteiger partial charge in [-0.15, -0.1) is 0 Å². The van der Waals surface area contributed by atoms with Gasteiger partial charge in [-0.05, 0) is 56.3 Å². The van der Waals surface area contributed by atoms with Gasteiger partial charge in [0.05, 0.1) is 5.56 Å². The molecule has 25 heavy (non-hydrogen) atoms. The van der Waals surface area contributed by atoms with Crippen molar-refractivity contribution in [1.82, 2.24) is 0 Å². The molecule has 128 valence electrons. The molecule has 5 nitrogen and oxygen atoms in total. The monoisotopic (exact) mass is 338 g/mol. The summed E-state index contributed by atoms with van der Waals surface area (Å²) >= 11 is 0. The number of aromatic hydroxyl groups is 3. The fourth-order valence-electron chi connectivity index (χ4n) is 3.08. The third kappa shape index (κ3) is 2.48. The van der Waals surface area contributed by atoms with E-state index in [1.165, 1.54) is 6.07 Å². The highest BCUT2D eigenvalue weighted by Crippen LogP contribution is 2.45. The lowest BCUT2D eigenvalue weighted by molar-refractivity contribution is 0.158. The Balaban J connectivity index is 1.79. The van der Waals surface area contributed by atoms with Gasteiger partial charge < -0.3 is 24.8 Å². The molecule has 5 heteroatoms. The number of phenols is 3. The molecule has 0 aliphatic carbocycles. The predicted molar refractivity (Wildman–Crippen MR) is 95.0 cm³/mol. The molecule has 0 saturated carbocycles. The van der Waals surface area contributed by atoms with Crippen LogP contribution in [0.2, 0.25) is 0 Å². The summed E-state index contributed by atoms with van der Waals surface area (Å²) in [5.74, 6) is 0.246. The molecule has 0 saturated heterocycles. The van der Waals surface area contributed by atoms with Crippen LogP contribution in [0.25, 0.3) is 17.7 Å². The lowest BCUT2D eigenvalue weighted by Crippen LogP contribution is -2.27. The van der Waals surface area contributed by atoms with E-state index in [0.29, 0.717) is 11.1 Å². The summed E-state index contributed by atoms with van der Waals surface area (Å²) in [7, 11) is 0. The average Bonchev–Trinajstić information content (AvgIpc) is 2.58. The minimum Gasteiger partial charge on any atom is -0.504 e. The van der Waals surface area contributed by atoms with E-state index in [0.717, 1.165) is 22.6 Å². The fraction of sp³-hybridized carbons (Fsp3) is 0.200. The highest BCUT2D eigenvalue weighted by molar-refractivity contribution is 5.90. The molecule has 2 aromatic rings. The van der Waals surface area contributed by atoms with Crippen LogP contribution in [0.4, 0.5) is 0 Å². The van der Waals surface area contributed by atoms with E-state index in [1.54, 1.807) is 6.07 Å². The Kier molecular flexibility index (Phi) is 3.22. The van der Waals surface area contributed by atoms with Gasteiger partial charge in [-0.1, -0.05) is 0 Å². The largest absolute Gasteiger partial charge is 0.504 e. The van der Waals surface area contributed by atoms with Gasteiger partial charge in [-0.2, -0.15) is 0 Å². The van der Waals surface area contributed by atoms with Crippen LogP contribution in [-0.4, -0.2) is 27.5 Å². The lowest BCUT2D eigenvalue weighted by Gasteiger charge is -2.30. The Morgan fingerprint density at radius 3 is 2.60 bits per heavy atom. The van der Waals surface area contributed by atoms with Crippen LogP contribution in [0, 0.1) is 0 Å². The van der Waals surface area contributed by atoms with E-state index < -0.39 is 5.75 Å². The van der Waals surface area contributed by atoms with Crippen molar-refractivity contribution >= 4 is 17.7 Å². The summed E-state index contributed by atoms with van der Waals surface area (Å²) in [6, 6.07) is 6.69. The Labute approximate surface area is 145 Å².